The molecule has 6 aliphatic heterocycles. The quantitative estimate of drug-likeness (QED) is 0.0233. The van der Waals surface area contributed by atoms with Gasteiger partial charge in [-0.1, -0.05) is 52.2 Å². The number of hydrogen-bond donors (Lipinski definition) is 15. The fourth-order valence-electron chi connectivity index (χ4n) is 17.2. The van der Waals surface area contributed by atoms with Crippen molar-refractivity contribution in [3.05, 3.63) is 11.6 Å². The van der Waals surface area contributed by atoms with E-state index in [-0.39, 0.29) is 65.6 Å². The Kier molecular flexibility index (Phi) is 25.7. The molecule has 4 aliphatic carbocycles. The number of fused-ring (bicyclic) bond motifs is 5. The molecule has 3 saturated carbocycles. The minimum Gasteiger partial charge on any atom is -0.726 e. The van der Waals surface area contributed by atoms with Crippen molar-refractivity contribution in [2.45, 2.75) is 322 Å². The monoisotopic (exact) mass is 1400 g/mol. The maximum Gasteiger partial charge on any atom is 1.00 e. The summed E-state index contributed by atoms with van der Waals surface area (Å²) in [7, 11) is -5.13. The number of aliphatic hydroxyl groups excluding tert-OH is 14. The average Bonchev–Trinajstić information content (AvgIpc) is 1.68. The molecule has 22 unspecified atom stereocenters. The zero-order valence-electron chi connectivity index (χ0n) is 55.5. The number of aliphatic hydroxyl groups is 15. The molecule has 0 spiro atoms. The van der Waals surface area contributed by atoms with Crippen molar-refractivity contribution in [3.8, 4) is 0 Å². The first kappa shape index (κ1) is 78.7. The van der Waals surface area contributed by atoms with Crippen LogP contribution in [0.2, 0.25) is 0 Å². The number of allylic oxidation sites excluding steroid dienone is 2. The van der Waals surface area contributed by atoms with Crippen molar-refractivity contribution in [1.82, 2.24) is 0 Å². The summed E-state index contributed by atoms with van der Waals surface area (Å²) in [6.45, 7) is 14.7. The van der Waals surface area contributed by atoms with Crippen LogP contribution in [0.5, 0.6) is 0 Å². The Balaban J connectivity index is 0.0000106. The molecule has 6 heterocycles. The van der Waals surface area contributed by atoms with Gasteiger partial charge < -0.3 is 138 Å². The van der Waals surface area contributed by atoms with Crippen molar-refractivity contribution >= 4 is 10.4 Å². The molecule has 95 heavy (non-hydrogen) atoms. The van der Waals surface area contributed by atoms with Crippen molar-refractivity contribution in [3.63, 3.8) is 0 Å². The molecule has 38 atom stereocenters. The van der Waals surface area contributed by atoms with Crippen LogP contribution < -0.4 is 29.6 Å². The Bertz CT molecular complexity index is 2650. The van der Waals surface area contributed by atoms with Gasteiger partial charge in [0.05, 0.1) is 55.4 Å². The Morgan fingerprint density at radius 3 is 1.65 bits per heavy atom. The Hall–Kier alpha value is -0.470. The minimum atomic E-state index is -5.13. The molecule has 0 radical (unpaired) electrons. The van der Waals surface area contributed by atoms with Crippen LogP contribution in [0, 0.1) is 40.4 Å². The molecule has 0 aromatic carbocycles. The largest absolute Gasteiger partial charge is 1.00 e. The van der Waals surface area contributed by atoms with Crippen molar-refractivity contribution < 1.29 is 180 Å². The van der Waals surface area contributed by atoms with Gasteiger partial charge in [-0.15, -0.1) is 0 Å². The fourth-order valence-corrected chi connectivity index (χ4v) is 17.7. The molecule has 10 rings (SSSR count). The van der Waals surface area contributed by atoms with E-state index in [2.05, 4.69) is 33.8 Å². The summed E-state index contributed by atoms with van der Waals surface area (Å²) in [5.74, 6) is -0.0516. The van der Waals surface area contributed by atoms with Gasteiger partial charge in [-0.3, -0.25) is 4.18 Å². The first-order valence-electron chi connectivity index (χ1n) is 33.3. The van der Waals surface area contributed by atoms with Crippen LogP contribution in [0.25, 0.3) is 0 Å². The Labute approximate surface area is 575 Å². The van der Waals surface area contributed by atoms with E-state index in [4.69, 9.17) is 61.0 Å². The molecular weight excluding hydrogens is 1300 g/mol. The van der Waals surface area contributed by atoms with Crippen LogP contribution in [-0.4, -0.2) is 299 Å². The van der Waals surface area contributed by atoms with Crippen LogP contribution in [0.3, 0.4) is 0 Å². The third kappa shape index (κ3) is 16.0. The Morgan fingerprint density at radius 1 is 0.579 bits per heavy atom. The summed E-state index contributed by atoms with van der Waals surface area (Å²) in [5, 5.41) is 169. The van der Waals surface area contributed by atoms with E-state index in [1.807, 2.05) is 6.92 Å². The van der Waals surface area contributed by atoms with Gasteiger partial charge in [0.2, 0.25) is 10.4 Å². The number of hydrogen-bond acceptors (Lipinski definition) is 31. The second-order valence-electron chi connectivity index (χ2n) is 29.4. The van der Waals surface area contributed by atoms with E-state index in [1.165, 1.54) is 33.3 Å². The van der Waals surface area contributed by atoms with Crippen LogP contribution in [0.1, 0.15) is 127 Å². The van der Waals surface area contributed by atoms with Gasteiger partial charge in [0.1, 0.15) is 116 Å². The molecule has 6 saturated heterocycles. The molecule has 31 nitrogen and oxygen atoms in total. The second kappa shape index (κ2) is 31.1. The third-order valence-corrected chi connectivity index (χ3v) is 23.1. The molecule has 0 aromatic heterocycles. The summed E-state index contributed by atoms with van der Waals surface area (Å²) in [4.78, 5) is 0. The molecule has 544 valence electrons. The summed E-state index contributed by atoms with van der Waals surface area (Å²) in [5.41, 5.74) is -0.700. The summed E-state index contributed by atoms with van der Waals surface area (Å²) < 4.78 is 115. The molecule has 0 aromatic rings. The van der Waals surface area contributed by atoms with E-state index < -0.39 is 231 Å². The normalized spacial score (nSPS) is 51.9. The van der Waals surface area contributed by atoms with Crippen molar-refractivity contribution in [2.24, 2.45) is 40.4 Å². The zero-order valence-corrected chi connectivity index (χ0v) is 58.3. The van der Waals surface area contributed by atoms with Crippen molar-refractivity contribution in [2.75, 3.05) is 13.2 Å². The number of ether oxygens (including phenoxy) is 12. The van der Waals surface area contributed by atoms with E-state index in [0.29, 0.717) is 31.6 Å². The first-order valence-corrected chi connectivity index (χ1v) is 34.7. The van der Waals surface area contributed by atoms with E-state index in [1.54, 1.807) is 0 Å². The maximum absolute atomic E-state index is 12.5. The van der Waals surface area contributed by atoms with Gasteiger partial charge in [-0.25, -0.2) is 8.42 Å². The van der Waals surface area contributed by atoms with E-state index in [0.717, 1.165) is 25.7 Å². The second-order valence-corrected chi connectivity index (χ2v) is 30.4. The van der Waals surface area contributed by atoms with Gasteiger partial charge in [0.25, 0.3) is 0 Å². The number of rotatable bonds is 20. The molecular formula is C62H103NaO31S. The molecule has 15 N–H and O–H groups in total. The van der Waals surface area contributed by atoms with Gasteiger partial charge in [0, 0.05) is 0 Å². The molecule has 10 aliphatic rings. The van der Waals surface area contributed by atoms with E-state index in [9.17, 15) is 89.6 Å². The Morgan fingerprint density at radius 2 is 1.07 bits per heavy atom. The third-order valence-electron chi connectivity index (χ3n) is 22.6. The minimum absolute atomic E-state index is 0. The van der Waals surface area contributed by atoms with Crippen LogP contribution in [-0.2, 0) is 71.4 Å². The molecule has 0 bridgehead atoms. The molecule has 33 heteroatoms. The smallest absolute Gasteiger partial charge is 0.726 e. The fraction of sp³-hybridized carbons (Fsp3) is 0.968. The van der Waals surface area contributed by atoms with Gasteiger partial charge in [0.15, 0.2) is 37.7 Å². The van der Waals surface area contributed by atoms with Gasteiger partial charge in [-0.2, -0.15) is 0 Å². The predicted octanol–water partition coefficient (Wildman–Crippen LogP) is -6.34. The SMILES string of the molecule is CC(C)CCC[C@](C)(O)[C@H]1CCC2C3CC(O[C@@H]4OC(C)[C@@H](O)C(O[C@@H]5OC[C@@H](O[C@@H]6OC(C)[C@H](O)C(O)C6O[C@@H]6OC(C)[C@H](O)C(O[C@@H]7OC(CO)[C@H](O)C(O)C7O)C6O)C(O)C5O[C@@H]5OC(C)[C@@H](O)C(O)C5O)C4O)C4CC(OS(=O)(=O)[O-])CC[C@]4(C)C3=CC[C@@]21C.[Na+]. The van der Waals surface area contributed by atoms with E-state index >= 15 is 0 Å². The predicted molar refractivity (Wildman–Crippen MR) is 315 cm³/mol. The maximum atomic E-state index is 12.5. The van der Waals surface area contributed by atoms with Gasteiger partial charge >= 0.3 is 29.6 Å². The summed E-state index contributed by atoms with van der Waals surface area (Å²) in [6.07, 6.45) is -43.6. The summed E-state index contributed by atoms with van der Waals surface area (Å²) in [6, 6.07) is 0. The van der Waals surface area contributed by atoms with Crippen molar-refractivity contribution in [1.29, 1.82) is 0 Å². The van der Waals surface area contributed by atoms with Crippen LogP contribution in [0.15, 0.2) is 11.6 Å². The zero-order chi connectivity index (χ0) is 68.7. The van der Waals surface area contributed by atoms with Crippen LogP contribution in [0.4, 0.5) is 0 Å². The standard InChI is InChI=1S/C62H104O31S.Na/c1-23(2)11-10-16-62(9,77)36-13-12-30-29-20-33(32-19-28(93-94(78,79)80)14-17-60(32,7)31(29)15-18-61(30,36)8)86-56-48(75)51(40(67)26(5)83-56)90-58-52(91-54-46(73)43(70)37(64)24(3)82-54)42(69)35(22-81-58)88-59-53(45(72)38(65)25(4)85-59)92-57-49(76)50(39(66)27(6)84-57)89-55-47(74)44(71)41(68)34(21-63)87-55;/h15,23-30,32-59,63-77H,10-14,16-22H2,1-9H3,(H,78,79,80);/q;+1/p-1/t24?,25?,26?,27?,28?,29?,30?,32?,33?,34?,35-,36+,37-,38+,39+,40-,41+,42?,43?,44?,45?,46?,47?,48?,49?,50?,51?,52?,53?,54+,55+,56+,57+,58+,59+,60-,61+,62+;/m1./s1. The first-order chi connectivity index (χ1) is 44.0. The molecule has 0 amide bonds. The van der Waals surface area contributed by atoms with Crippen LogP contribution >= 0.6 is 0 Å². The summed E-state index contributed by atoms with van der Waals surface area (Å²) >= 11 is 0. The topological polar surface area (TPSA) is 481 Å². The molecule has 9 fully saturated rings. The van der Waals surface area contributed by atoms with Gasteiger partial charge in [-0.05, 0) is 126 Å². The average molecular weight is 1400 g/mol.